The van der Waals surface area contributed by atoms with Crippen molar-refractivity contribution in [2.75, 3.05) is 11.9 Å². The first kappa shape index (κ1) is 13.1. The minimum Gasteiger partial charge on any atom is -0.386 e. The summed E-state index contributed by atoms with van der Waals surface area (Å²) in [5, 5.41) is 15.4. The maximum Gasteiger partial charge on any atom is 0.105 e. The van der Waals surface area contributed by atoms with Gasteiger partial charge in [-0.2, -0.15) is 0 Å². The molecule has 2 rings (SSSR count). The Hall–Kier alpha value is -1.32. The first-order valence-corrected chi connectivity index (χ1v) is 7.10. The SMILES string of the molecule is CC(C)c1ccccc1NCC(O)c1cccs1. The van der Waals surface area contributed by atoms with Gasteiger partial charge in [-0.15, -0.1) is 11.3 Å². The van der Waals surface area contributed by atoms with Crippen LogP contribution in [0, 0.1) is 0 Å². The molecule has 0 radical (unpaired) electrons. The lowest BCUT2D eigenvalue weighted by molar-refractivity contribution is 0.195. The first-order chi connectivity index (χ1) is 8.68. The van der Waals surface area contributed by atoms with Gasteiger partial charge in [0.15, 0.2) is 0 Å². The van der Waals surface area contributed by atoms with Gasteiger partial charge in [0, 0.05) is 17.1 Å². The molecule has 0 amide bonds. The van der Waals surface area contributed by atoms with E-state index in [1.807, 2.05) is 23.6 Å². The highest BCUT2D eigenvalue weighted by Gasteiger charge is 2.10. The molecule has 0 aliphatic rings. The van der Waals surface area contributed by atoms with Crippen LogP contribution in [0.3, 0.4) is 0 Å². The van der Waals surface area contributed by atoms with Crippen LogP contribution in [0.4, 0.5) is 5.69 Å². The van der Waals surface area contributed by atoms with Gasteiger partial charge in [0.2, 0.25) is 0 Å². The maximum absolute atomic E-state index is 10.0. The second kappa shape index (κ2) is 6.03. The molecule has 2 nitrogen and oxygen atoms in total. The number of rotatable bonds is 5. The van der Waals surface area contributed by atoms with Crippen molar-refractivity contribution in [1.82, 2.24) is 0 Å². The summed E-state index contributed by atoms with van der Waals surface area (Å²) in [6.45, 7) is 4.90. The summed E-state index contributed by atoms with van der Waals surface area (Å²) in [4.78, 5) is 1.00. The topological polar surface area (TPSA) is 32.3 Å². The molecular weight excluding hydrogens is 242 g/mol. The van der Waals surface area contributed by atoms with Gasteiger partial charge in [-0.05, 0) is 29.0 Å². The zero-order valence-corrected chi connectivity index (χ0v) is 11.6. The lowest BCUT2D eigenvalue weighted by Crippen LogP contribution is -2.12. The summed E-state index contributed by atoms with van der Waals surface area (Å²) in [6, 6.07) is 12.2. The third-order valence-electron chi connectivity index (χ3n) is 2.94. The number of thiophene rings is 1. The number of aliphatic hydroxyl groups excluding tert-OH is 1. The zero-order valence-electron chi connectivity index (χ0n) is 10.8. The van der Waals surface area contributed by atoms with Gasteiger partial charge in [-0.3, -0.25) is 0 Å². The van der Waals surface area contributed by atoms with Crippen LogP contribution in [0.1, 0.15) is 36.3 Å². The lowest BCUT2D eigenvalue weighted by Gasteiger charge is -2.16. The summed E-state index contributed by atoms with van der Waals surface area (Å²) in [7, 11) is 0. The number of anilines is 1. The molecule has 2 N–H and O–H groups in total. The maximum atomic E-state index is 10.0. The van der Waals surface area contributed by atoms with Crippen molar-refractivity contribution < 1.29 is 5.11 Å². The van der Waals surface area contributed by atoms with Crippen LogP contribution in [0.15, 0.2) is 41.8 Å². The van der Waals surface area contributed by atoms with E-state index < -0.39 is 6.10 Å². The Morgan fingerprint density at radius 3 is 2.61 bits per heavy atom. The van der Waals surface area contributed by atoms with Crippen LogP contribution >= 0.6 is 11.3 Å². The van der Waals surface area contributed by atoms with Crippen LogP contribution in [-0.4, -0.2) is 11.7 Å². The number of nitrogens with one attached hydrogen (secondary N) is 1. The molecular formula is C15H19NOS. The molecule has 0 fully saturated rings. The van der Waals surface area contributed by atoms with E-state index in [0.717, 1.165) is 10.6 Å². The van der Waals surface area contributed by atoms with Gasteiger partial charge >= 0.3 is 0 Å². The van der Waals surface area contributed by atoms with Crippen LogP contribution in [0.2, 0.25) is 0 Å². The molecule has 18 heavy (non-hydrogen) atoms. The summed E-state index contributed by atoms with van der Waals surface area (Å²) in [5.41, 5.74) is 2.40. The van der Waals surface area contributed by atoms with E-state index in [1.165, 1.54) is 5.56 Å². The summed E-state index contributed by atoms with van der Waals surface area (Å²) >= 11 is 1.59. The molecule has 2 aromatic rings. The summed E-state index contributed by atoms with van der Waals surface area (Å²) in [6.07, 6.45) is -0.440. The number of para-hydroxylation sites is 1. The second-order valence-electron chi connectivity index (χ2n) is 4.65. The van der Waals surface area contributed by atoms with Crippen molar-refractivity contribution in [3.63, 3.8) is 0 Å². The molecule has 1 aromatic heterocycles. The van der Waals surface area contributed by atoms with Gasteiger partial charge in [0.1, 0.15) is 6.10 Å². The molecule has 1 heterocycles. The van der Waals surface area contributed by atoms with E-state index in [-0.39, 0.29) is 0 Å². The van der Waals surface area contributed by atoms with Crippen molar-refractivity contribution >= 4 is 17.0 Å². The van der Waals surface area contributed by atoms with E-state index >= 15 is 0 Å². The molecule has 0 aliphatic heterocycles. The van der Waals surface area contributed by atoms with Crippen LogP contribution in [-0.2, 0) is 0 Å². The van der Waals surface area contributed by atoms with E-state index in [1.54, 1.807) is 11.3 Å². The van der Waals surface area contributed by atoms with Gasteiger partial charge in [-0.1, -0.05) is 38.1 Å². The van der Waals surface area contributed by atoms with E-state index in [9.17, 15) is 5.11 Å². The standard InChI is InChI=1S/C15H19NOS/c1-11(2)12-6-3-4-7-13(12)16-10-14(17)15-8-5-9-18-15/h3-9,11,14,16-17H,10H2,1-2H3. The summed E-state index contributed by atoms with van der Waals surface area (Å²) in [5.74, 6) is 0.479. The quantitative estimate of drug-likeness (QED) is 0.852. The predicted molar refractivity (Wildman–Crippen MR) is 78.3 cm³/mol. The smallest absolute Gasteiger partial charge is 0.105 e. The Bertz CT molecular complexity index is 479. The van der Waals surface area contributed by atoms with E-state index in [0.29, 0.717) is 12.5 Å². The molecule has 0 bridgehead atoms. The van der Waals surface area contributed by atoms with Crippen molar-refractivity contribution in [1.29, 1.82) is 0 Å². The Morgan fingerprint density at radius 1 is 1.17 bits per heavy atom. The Balaban J connectivity index is 2.02. The largest absolute Gasteiger partial charge is 0.386 e. The average Bonchev–Trinajstić information content (AvgIpc) is 2.90. The number of benzene rings is 1. The van der Waals surface area contributed by atoms with Crippen LogP contribution in [0.25, 0.3) is 0 Å². The molecule has 1 unspecified atom stereocenters. The molecule has 96 valence electrons. The fourth-order valence-corrected chi connectivity index (χ4v) is 2.66. The highest BCUT2D eigenvalue weighted by Crippen LogP contribution is 2.25. The molecule has 0 aliphatic carbocycles. The van der Waals surface area contributed by atoms with Crippen molar-refractivity contribution in [3.8, 4) is 0 Å². The third-order valence-corrected chi connectivity index (χ3v) is 3.91. The van der Waals surface area contributed by atoms with Crippen molar-refractivity contribution in [2.24, 2.45) is 0 Å². The highest BCUT2D eigenvalue weighted by molar-refractivity contribution is 7.10. The monoisotopic (exact) mass is 261 g/mol. The number of hydrogen-bond acceptors (Lipinski definition) is 3. The molecule has 0 saturated heterocycles. The molecule has 3 heteroatoms. The van der Waals surface area contributed by atoms with Crippen LogP contribution < -0.4 is 5.32 Å². The number of aliphatic hydroxyl groups is 1. The van der Waals surface area contributed by atoms with Crippen molar-refractivity contribution in [2.45, 2.75) is 25.9 Å². The third kappa shape index (κ3) is 3.12. The van der Waals surface area contributed by atoms with E-state index in [4.69, 9.17) is 0 Å². The highest BCUT2D eigenvalue weighted by atomic mass is 32.1. The summed E-state index contributed by atoms with van der Waals surface area (Å²) < 4.78 is 0. The second-order valence-corrected chi connectivity index (χ2v) is 5.63. The minimum absolute atomic E-state index is 0.440. The first-order valence-electron chi connectivity index (χ1n) is 6.22. The van der Waals surface area contributed by atoms with E-state index in [2.05, 4.69) is 37.4 Å². The Kier molecular flexibility index (Phi) is 4.39. The Labute approximate surface area is 112 Å². The van der Waals surface area contributed by atoms with Gasteiger partial charge < -0.3 is 10.4 Å². The molecule has 1 aromatic carbocycles. The average molecular weight is 261 g/mol. The zero-order chi connectivity index (χ0) is 13.0. The minimum atomic E-state index is -0.440. The fourth-order valence-electron chi connectivity index (χ4n) is 1.95. The number of hydrogen-bond donors (Lipinski definition) is 2. The molecule has 0 spiro atoms. The molecule has 1 atom stereocenters. The lowest BCUT2D eigenvalue weighted by atomic mass is 10.0. The van der Waals surface area contributed by atoms with Crippen molar-refractivity contribution in [3.05, 3.63) is 52.2 Å². The molecule has 0 saturated carbocycles. The van der Waals surface area contributed by atoms with Gasteiger partial charge in [0.25, 0.3) is 0 Å². The Morgan fingerprint density at radius 2 is 1.94 bits per heavy atom. The fraction of sp³-hybridized carbons (Fsp3) is 0.333. The van der Waals surface area contributed by atoms with Crippen LogP contribution in [0.5, 0.6) is 0 Å². The van der Waals surface area contributed by atoms with Gasteiger partial charge in [0.05, 0.1) is 0 Å². The van der Waals surface area contributed by atoms with Gasteiger partial charge in [-0.25, -0.2) is 0 Å². The predicted octanol–water partition coefficient (Wildman–Crippen LogP) is 4.02. The normalized spacial score (nSPS) is 12.7.